The van der Waals surface area contributed by atoms with Crippen molar-refractivity contribution < 1.29 is 18.3 Å². The smallest absolute Gasteiger partial charge is 0.387 e. The molecule has 0 aliphatic heterocycles. The van der Waals surface area contributed by atoms with E-state index in [2.05, 4.69) is 15.4 Å². The topological polar surface area (TPSA) is 50.4 Å². The molecule has 0 aliphatic rings. The number of ether oxygens (including phenoxy) is 1. The predicted octanol–water partition coefficient (Wildman–Crippen LogP) is 4.24. The first-order valence-corrected chi connectivity index (χ1v) is 6.23. The number of urea groups is 1. The summed E-state index contributed by atoms with van der Waals surface area (Å²) in [5.41, 5.74) is 1.96. The van der Waals surface area contributed by atoms with Crippen LogP contribution in [0.5, 0.6) is 5.75 Å². The first kappa shape index (κ1) is 14.8. The molecule has 0 aliphatic carbocycles. The van der Waals surface area contributed by atoms with Gasteiger partial charge in [0.15, 0.2) is 0 Å². The zero-order valence-corrected chi connectivity index (χ0v) is 11.3. The molecule has 2 rings (SSSR count). The van der Waals surface area contributed by atoms with Gasteiger partial charge < -0.3 is 15.4 Å². The van der Waals surface area contributed by atoms with E-state index in [0.29, 0.717) is 11.4 Å². The fourth-order valence-electron chi connectivity index (χ4n) is 1.75. The van der Waals surface area contributed by atoms with Gasteiger partial charge in [0.05, 0.1) is 0 Å². The van der Waals surface area contributed by atoms with Gasteiger partial charge in [0.1, 0.15) is 5.75 Å². The standard InChI is InChI=1S/C15H14F2N2O2/c1-10-5-2-3-8-13(10)19-15(20)18-11-6-4-7-12(9-11)21-14(16)17/h2-9,14H,1H3,(H2,18,19,20). The minimum Gasteiger partial charge on any atom is -0.435 e. The minimum absolute atomic E-state index is 0.0151. The fraction of sp³-hybridized carbons (Fsp3) is 0.133. The van der Waals surface area contributed by atoms with Crippen molar-refractivity contribution in [3.63, 3.8) is 0 Å². The predicted molar refractivity (Wildman–Crippen MR) is 76.9 cm³/mol. The minimum atomic E-state index is -2.90. The molecule has 0 saturated heterocycles. The van der Waals surface area contributed by atoms with Crippen LogP contribution in [0.1, 0.15) is 5.56 Å². The van der Waals surface area contributed by atoms with E-state index in [0.717, 1.165) is 5.56 Å². The van der Waals surface area contributed by atoms with E-state index in [1.54, 1.807) is 18.2 Å². The van der Waals surface area contributed by atoms with Gasteiger partial charge in [-0.1, -0.05) is 24.3 Å². The number of aryl methyl sites for hydroxylation is 1. The Morgan fingerprint density at radius 1 is 1.10 bits per heavy atom. The monoisotopic (exact) mass is 292 g/mol. The number of hydrogen-bond donors (Lipinski definition) is 2. The first-order valence-electron chi connectivity index (χ1n) is 6.23. The largest absolute Gasteiger partial charge is 0.435 e. The number of carbonyl (C=O) groups excluding carboxylic acids is 1. The Hall–Kier alpha value is -2.63. The van der Waals surface area contributed by atoms with Gasteiger partial charge in [-0.2, -0.15) is 8.78 Å². The van der Waals surface area contributed by atoms with Crippen LogP contribution in [0.2, 0.25) is 0 Å². The summed E-state index contributed by atoms with van der Waals surface area (Å²) in [5, 5.41) is 5.24. The highest BCUT2D eigenvalue weighted by atomic mass is 19.3. The Labute approximate surface area is 120 Å². The Morgan fingerprint density at radius 2 is 1.86 bits per heavy atom. The number of hydrogen-bond acceptors (Lipinski definition) is 2. The van der Waals surface area contributed by atoms with Crippen LogP contribution in [0.4, 0.5) is 25.0 Å². The van der Waals surface area contributed by atoms with E-state index < -0.39 is 12.6 Å². The van der Waals surface area contributed by atoms with E-state index in [4.69, 9.17) is 0 Å². The molecule has 4 nitrogen and oxygen atoms in total. The Kier molecular flexibility index (Phi) is 4.71. The lowest BCUT2D eigenvalue weighted by Gasteiger charge is -2.11. The molecule has 0 spiro atoms. The summed E-state index contributed by atoms with van der Waals surface area (Å²) < 4.78 is 28.5. The molecular weight excluding hydrogens is 278 g/mol. The number of benzene rings is 2. The summed E-state index contributed by atoms with van der Waals surface area (Å²) >= 11 is 0. The summed E-state index contributed by atoms with van der Waals surface area (Å²) in [5.74, 6) is -0.0151. The Morgan fingerprint density at radius 3 is 2.57 bits per heavy atom. The molecule has 0 aromatic heterocycles. The molecule has 0 fully saturated rings. The second-order valence-corrected chi connectivity index (χ2v) is 4.30. The van der Waals surface area contributed by atoms with Crippen molar-refractivity contribution in [2.75, 3.05) is 10.6 Å². The molecule has 2 aromatic carbocycles. The van der Waals surface area contributed by atoms with Crippen molar-refractivity contribution in [1.29, 1.82) is 0 Å². The van der Waals surface area contributed by atoms with Crippen LogP contribution in [0, 0.1) is 6.92 Å². The van der Waals surface area contributed by atoms with Crippen LogP contribution in [-0.2, 0) is 0 Å². The number of nitrogens with one attached hydrogen (secondary N) is 2. The molecule has 21 heavy (non-hydrogen) atoms. The number of amides is 2. The van der Waals surface area contributed by atoms with Crippen molar-refractivity contribution >= 4 is 17.4 Å². The molecule has 0 atom stereocenters. The normalized spacial score (nSPS) is 10.3. The van der Waals surface area contributed by atoms with E-state index in [1.165, 1.54) is 18.2 Å². The SMILES string of the molecule is Cc1ccccc1NC(=O)Nc1cccc(OC(F)F)c1. The summed E-state index contributed by atoms with van der Waals surface area (Å²) in [6.45, 7) is -1.03. The average Bonchev–Trinajstić information content (AvgIpc) is 2.41. The van der Waals surface area contributed by atoms with Gasteiger partial charge in [-0.3, -0.25) is 0 Å². The number of halogens is 2. The van der Waals surface area contributed by atoms with E-state index >= 15 is 0 Å². The van der Waals surface area contributed by atoms with E-state index in [9.17, 15) is 13.6 Å². The molecule has 0 bridgehead atoms. The van der Waals surface area contributed by atoms with E-state index in [1.807, 2.05) is 19.1 Å². The lowest BCUT2D eigenvalue weighted by atomic mass is 10.2. The Balaban J connectivity index is 2.01. The van der Waals surface area contributed by atoms with Crippen LogP contribution in [0.15, 0.2) is 48.5 Å². The third-order valence-corrected chi connectivity index (χ3v) is 2.71. The van der Waals surface area contributed by atoms with Gasteiger partial charge in [0, 0.05) is 17.4 Å². The lowest BCUT2D eigenvalue weighted by Crippen LogP contribution is -2.19. The summed E-state index contributed by atoms with van der Waals surface area (Å²) in [4.78, 5) is 11.9. The summed E-state index contributed by atoms with van der Waals surface area (Å²) in [6.07, 6.45) is 0. The Bertz CT molecular complexity index is 633. The van der Waals surface area contributed by atoms with Crippen molar-refractivity contribution in [1.82, 2.24) is 0 Å². The maximum Gasteiger partial charge on any atom is 0.387 e. The van der Waals surface area contributed by atoms with Gasteiger partial charge >= 0.3 is 12.6 Å². The number of alkyl halides is 2. The van der Waals surface area contributed by atoms with Crippen molar-refractivity contribution in [2.45, 2.75) is 13.5 Å². The molecule has 0 unspecified atom stereocenters. The molecule has 6 heteroatoms. The number of anilines is 2. The molecular formula is C15H14F2N2O2. The van der Waals surface area contributed by atoms with Crippen LogP contribution in [-0.4, -0.2) is 12.6 Å². The second-order valence-electron chi connectivity index (χ2n) is 4.30. The summed E-state index contributed by atoms with van der Waals surface area (Å²) in [6, 6.07) is 12.6. The molecule has 2 amide bonds. The van der Waals surface area contributed by atoms with Gasteiger partial charge in [0.2, 0.25) is 0 Å². The quantitative estimate of drug-likeness (QED) is 0.885. The number of para-hydroxylation sites is 1. The van der Waals surface area contributed by atoms with E-state index in [-0.39, 0.29) is 5.75 Å². The maximum absolute atomic E-state index is 12.1. The van der Waals surface area contributed by atoms with Gasteiger partial charge in [-0.05, 0) is 30.7 Å². The van der Waals surface area contributed by atoms with Crippen LogP contribution in [0.3, 0.4) is 0 Å². The van der Waals surface area contributed by atoms with Crippen LogP contribution in [0.25, 0.3) is 0 Å². The van der Waals surface area contributed by atoms with Crippen molar-refractivity contribution in [3.05, 3.63) is 54.1 Å². The van der Waals surface area contributed by atoms with Gasteiger partial charge in [0.25, 0.3) is 0 Å². The lowest BCUT2D eigenvalue weighted by molar-refractivity contribution is -0.0497. The zero-order valence-electron chi connectivity index (χ0n) is 11.3. The second kappa shape index (κ2) is 6.69. The van der Waals surface area contributed by atoms with Crippen molar-refractivity contribution in [3.8, 4) is 5.75 Å². The maximum atomic E-state index is 12.1. The molecule has 0 heterocycles. The average molecular weight is 292 g/mol. The summed E-state index contributed by atoms with van der Waals surface area (Å²) in [7, 11) is 0. The number of carbonyl (C=O) groups is 1. The first-order chi connectivity index (χ1) is 10.0. The molecule has 0 saturated carbocycles. The third-order valence-electron chi connectivity index (χ3n) is 2.71. The zero-order chi connectivity index (χ0) is 15.2. The van der Waals surface area contributed by atoms with Crippen LogP contribution < -0.4 is 15.4 Å². The van der Waals surface area contributed by atoms with Crippen LogP contribution >= 0.6 is 0 Å². The van der Waals surface area contributed by atoms with Crippen molar-refractivity contribution in [2.24, 2.45) is 0 Å². The highest BCUT2D eigenvalue weighted by Crippen LogP contribution is 2.20. The molecule has 2 N–H and O–H groups in total. The third kappa shape index (κ3) is 4.45. The highest BCUT2D eigenvalue weighted by molar-refractivity contribution is 6.00. The molecule has 2 aromatic rings. The molecule has 0 radical (unpaired) electrons. The fourth-order valence-corrected chi connectivity index (χ4v) is 1.75. The molecule has 110 valence electrons. The number of rotatable bonds is 4. The highest BCUT2D eigenvalue weighted by Gasteiger charge is 2.07. The van der Waals surface area contributed by atoms with Gasteiger partial charge in [-0.15, -0.1) is 0 Å². The van der Waals surface area contributed by atoms with Gasteiger partial charge in [-0.25, -0.2) is 4.79 Å².